The van der Waals surface area contributed by atoms with E-state index in [1.54, 1.807) is 18.2 Å². The number of ether oxygens (including phenoxy) is 2. The Hall–Kier alpha value is -2.04. The number of aliphatic carboxylic acids is 1. The van der Waals surface area contributed by atoms with Gasteiger partial charge in [-0.25, -0.2) is 9.59 Å². The number of rotatable bonds is 8. The van der Waals surface area contributed by atoms with Crippen LogP contribution >= 0.6 is 0 Å². The minimum atomic E-state index is -1.63. The van der Waals surface area contributed by atoms with E-state index >= 15 is 0 Å². The number of carboxylic acid groups (broad SMARTS) is 1. The van der Waals surface area contributed by atoms with Gasteiger partial charge in [-0.3, -0.25) is 0 Å². The molecule has 0 aromatic heterocycles. The van der Waals surface area contributed by atoms with Crippen LogP contribution in [0.3, 0.4) is 0 Å². The molecule has 0 saturated heterocycles. The average molecular weight is 280 g/mol. The first-order valence-electron chi connectivity index (χ1n) is 6.82. The third-order valence-corrected chi connectivity index (χ3v) is 2.73. The van der Waals surface area contributed by atoms with Gasteiger partial charge in [0, 0.05) is 0 Å². The predicted molar refractivity (Wildman–Crippen MR) is 74.0 cm³/mol. The molecule has 1 aromatic carbocycles. The Morgan fingerprint density at radius 3 is 2.35 bits per heavy atom. The zero-order valence-electron chi connectivity index (χ0n) is 11.6. The number of benzene rings is 1. The fourth-order valence-corrected chi connectivity index (χ4v) is 1.68. The summed E-state index contributed by atoms with van der Waals surface area (Å²) in [5.41, 5.74) is 0. The van der Waals surface area contributed by atoms with E-state index in [0.29, 0.717) is 12.4 Å². The second-order valence-corrected chi connectivity index (χ2v) is 4.40. The average Bonchev–Trinajstić information content (AvgIpc) is 2.44. The van der Waals surface area contributed by atoms with Gasteiger partial charge in [-0.2, -0.15) is 0 Å². The molecular formula is C15H20O5. The quantitative estimate of drug-likeness (QED) is 0.343. The molecule has 1 rings (SSSR count). The highest BCUT2D eigenvalue weighted by Gasteiger charge is 2.16. The molecule has 110 valence electrons. The Bertz CT molecular complexity index is 442. The van der Waals surface area contributed by atoms with Gasteiger partial charge in [-0.15, -0.1) is 0 Å². The smallest absolute Gasteiger partial charge is 0.422 e. The summed E-state index contributed by atoms with van der Waals surface area (Å²) in [5.74, 6) is -2.42. The van der Waals surface area contributed by atoms with E-state index in [1.807, 2.05) is 0 Å². The lowest BCUT2D eigenvalue weighted by Gasteiger charge is -2.10. The number of carbonyl (C=O) groups excluding carboxylic acids is 1. The van der Waals surface area contributed by atoms with E-state index in [-0.39, 0.29) is 5.75 Å². The zero-order valence-corrected chi connectivity index (χ0v) is 11.6. The molecule has 1 N–H and O–H groups in total. The van der Waals surface area contributed by atoms with Crippen molar-refractivity contribution in [1.82, 2.24) is 0 Å². The maximum Gasteiger partial charge on any atom is 0.422 e. The van der Waals surface area contributed by atoms with Crippen LogP contribution in [0.1, 0.15) is 39.0 Å². The van der Waals surface area contributed by atoms with Crippen LogP contribution in [0.5, 0.6) is 11.5 Å². The Balaban J connectivity index is 2.45. The topological polar surface area (TPSA) is 72.8 Å². The second-order valence-electron chi connectivity index (χ2n) is 4.40. The lowest BCUT2D eigenvalue weighted by atomic mass is 10.2. The Morgan fingerprint density at radius 2 is 1.70 bits per heavy atom. The van der Waals surface area contributed by atoms with E-state index in [9.17, 15) is 9.59 Å². The van der Waals surface area contributed by atoms with Crippen molar-refractivity contribution < 1.29 is 24.2 Å². The molecule has 0 saturated carbocycles. The molecule has 20 heavy (non-hydrogen) atoms. The SMILES string of the molecule is CCCCCCCOc1ccccc1OC(=O)C(=O)O. The van der Waals surface area contributed by atoms with Crippen LogP contribution in [-0.2, 0) is 9.59 Å². The van der Waals surface area contributed by atoms with Crippen LogP contribution in [0.25, 0.3) is 0 Å². The maximum absolute atomic E-state index is 11.0. The molecule has 0 aliphatic heterocycles. The van der Waals surface area contributed by atoms with Crippen LogP contribution in [0.15, 0.2) is 24.3 Å². The number of esters is 1. The maximum atomic E-state index is 11.0. The van der Waals surface area contributed by atoms with Gasteiger partial charge in [0.15, 0.2) is 11.5 Å². The molecule has 0 aliphatic carbocycles. The molecule has 0 radical (unpaired) electrons. The van der Waals surface area contributed by atoms with Crippen molar-refractivity contribution in [3.63, 3.8) is 0 Å². The summed E-state index contributed by atoms with van der Waals surface area (Å²) in [6.07, 6.45) is 5.59. The molecule has 0 spiro atoms. The predicted octanol–water partition coefficient (Wildman–Crippen LogP) is 3.03. The summed E-state index contributed by atoms with van der Waals surface area (Å²) in [7, 11) is 0. The van der Waals surface area contributed by atoms with Crippen molar-refractivity contribution in [3.05, 3.63) is 24.3 Å². The highest BCUT2D eigenvalue weighted by Crippen LogP contribution is 2.26. The minimum absolute atomic E-state index is 0.133. The minimum Gasteiger partial charge on any atom is -0.490 e. The lowest BCUT2D eigenvalue weighted by molar-refractivity contribution is -0.158. The summed E-state index contributed by atoms with van der Waals surface area (Å²) >= 11 is 0. The lowest BCUT2D eigenvalue weighted by Crippen LogP contribution is -2.19. The third kappa shape index (κ3) is 5.73. The molecule has 0 bridgehead atoms. The summed E-state index contributed by atoms with van der Waals surface area (Å²) in [6, 6.07) is 6.55. The first-order valence-corrected chi connectivity index (χ1v) is 6.82. The van der Waals surface area contributed by atoms with Gasteiger partial charge in [-0.1, -0.05) is 44.7 Å². The van der Waals surface area contributed by atoms with Crippen LogP contribution in [0, 0.1) is 0 Å². The van der Waals surface area contributed by atoms with Crippen molar-refractivity contribution in [2.24, 2.45) is 0 Å². The Kier molecular flexibility index (Phi) is 7.17. The van der Waals surface area contributed by atoms with Crippen LogP contribution in [-0.4, -0.2) is 23.7 Å². The van der Waals surface area contributed by atoms with Crippen molar-refractivity contribution in [2.75, 3.05) is 6.61 Å². The third-order valence-electron chi connectivity index (χ3n) is 2.73. The number of unbranched alkanes of at least 4 members (excludes halogenated alkanes) is 4. The van der Waals surface area contributed by atoms with E-state index in [1.165, 1.54) is 25.3 Å². The van der Waals surface area contributed by atoms with Crippen LogP contribution in [0.4, 0.5) is 0 Å². The summed E-state index contributed by atoms with van der Waals surface area (Å²) in [4.78, 5) is 21.5. The van der Waals surface area contributed by atoms with Gasteiger partial charge in [0.1, 0.15) is 0 Å². The van der Waals surface area contributed by atoms with Gasteiger partial charge in [0.2, 0.25) is 0 Å². The number of carbonyl (C=O) groups is 2. The molecule has 0 unspecified atom stereocenters. The highest BCUT2D eigenvalue weighted by atomic mass is 16.6. The number of hydrogen-bond acceptors (Lipinski definition) is 4. The summed E-state index contributed by atoms with van der Waals surface area (Å²) < 4.78 is 10.3. The molecule has 0 amide bonds. The summed E-state index contributed by atoms with van der Waals surface area (Å²) in [5, 5.41) is 8.52. The van der Waals surface area contributed by atoms with Crippen LogP contribution < -0.4 is 9.47 Å². The molecule has 0 atom stereocenters. The van der Waals surface area contributed by atoms with Gasteiger partial charge >= 0.3 is 11.9 Å². The number of para-hydroxylation sites is 2. The number of hydrogen-bond donors (Lipinski definition) is 1. The zero-order chi connectivity index (χ0) is 14.8. The molecule has 0 aliphatic rings. The van der Waals surface area contributed by atoms with Crippen molar-refractivity contribution in [2.45, 2.75) is 39.0 Å². The molecule has 1 aromatic rings. The second kappa shape index (κ2) is 8.96. The highest BCUT2D eigenvalue weighted by molar-refractivity contribution is 6.29. The molecular weight excluding hydrogens is 260 g/mol. The molecule has 0 fully saturated rings. The monoisotopic (exact) mass is 280 g/mol. The standard InChI is InChI=1S/C15H20O5/c1-2-3-4-5-8-11-19-12-9-6-7-10-13(12)20-15(18)14(16)17/h6-7,9-10H,2-5,8,11H2,1H3,(H,16,17). The first-order chi connectivity index (χ1) is 9.65. The number of carboxylic acids is 1. The van der Waals surface area contributed by atoms with Crippen molar-refractivity contribution in [3.8, 4) is 11.5 Å². The van der Waals surface area contributed by atoms with Crippen molar-refractivity contribution in [1.29, 1.82) is 0 Å². The summed E-state index contributed by atoms with van der Waals surface area (Å²) in [6.45, 7) is 2.68. The van der Waals surface area contributed by atoms with Crippen LogP contribution in [0.2, 0.25) is 0 Å². The van der Waals surface area contributed by atoms with Gasteiger partial charge in [-0.05, 0) is 18.6 Å². The van der Waals surface area contributed by atoms with E-state index < -0.39 is 11.9 Å². The fourth-order valence-electron chi connectivity index (χ4n) is 1.68. The van der Waals surface area contributed by atoms with Gasteiger partial charge in [0.25, 0.3) is 0 Å². The van der Waals surface area contributed by atoms with Crippen molar-refractivity contribution >= 4 is 11.9 Å². The van der Waals surface area contributed by atoms with E-state index in [4.69, 9.17) is 14.6 Å². The largest absolute Gasteiger partial charge is 0.490 e. The Morgan fingerprint density at radius 1 is 1.05 bits per heavy atom. The van der Waals surface area contributed by atoms with Gasteiger partial charge < -0.3 is 14.6 Å². The molecule has 0 heterocycles. The normalized spacial score (nSPS) is 10.1. The van der Waals surface area contributed by atoms with E-state index in [0.717, 1.165) is 12.8 Å². The van der Waals surface area contributed by atoms with E-state index in [2.05, 4.69) is 6.92 Å². The van der Waals surface area contributed by atoms with Gasteiger partial charge in [0.05, 0.1) is 6.61 Å². The fraction of sp³-hybridized carbons (Fsp3) is 0.467. The first kappa shape index (κ1) is 16.0. The molecule has 5 nitrogen and oxygen atoms in total. The molecule has 5 heteroatoms. The Labute approximate surface area is 118 Å².